The van der Waals surface area contributed by atoms with Gasteiger partial charge in [0.1, 0.15) is 11.5 Å². The fourth-order valence-electron chi connectivity index (χ4n) is 4.71. The Balaban J connectivity index is 2.25. The largest absolute Gasteiger partial charge is 0.507 e. The second kappa shape index (κ2) is 6.40. The van der Waals surface area contributed by atoms with Gasteiger partial charge in [0, 0.05) is 5.41 Å². The minimum Gasteiger partial charge on any atom is -0.507 e. The Labute approximate surface area is 151 Å². The van der Waals surface area contributed by atoms with Crippen LogP contribution in [0.5, 0.6) is 11.5 Å². The van der Waals surface area contributed by atoms with Gasteiger partial charge in [0.2, 0.25) is 0 Å². The Kier molecular flexibility index (Phi) is 4.57. The molecule has 2 nitrogen and oxygen atoms in total. The standard InChI is InChI=1S/C23H30O2/c1-14-7-6-8-23(13-14,19-9-15(2)21(24)16(3)10-19)20-11-17(4)22(25)18(5)12-20/h9-12,14,24-25H,6-8,13H2,1-5H3. The van der Waals surface area contributed by atoms with Gasteiger partial charge in [-0.15, -0.1) is 0 Å². The summed E-state index contributed by atoms with van der Waals surface area (Å²) in [6.07, 6.45) is 4.71. The topological polar surface area (TPSA) is 40.5 Å². The third-order valence-electron chi connectivity index (χ3n) is 6.08. The average molecular weight is 338 g/mol. The molecule has 1 unspecified atom stereocenters. The maximum atomic E-state index is 10.2. The fourth-order valence-corrected chi connectivity index (χ4v) is 4.71. The van der Waals surface area contributed by atoms with Crippen LogP contribution in [0.3, 0.4) is 0 Å². The van der Waals surface area contributed by atoms with Gasteiger partial charge >= 0.3 is 0 Å². The van der Waals surface area contributed by atoms with E-state index in [-0.39, 0.29) is 5.41 Å². The average Bonchev–Trinajstić information content (AvgIpc) is 2.56. The van der Waals surface area contributed by atoms with Gasteiger partial charge in [-0.05, 0) is 79.8 Å². The highest BCUT2D eigenvalue weighted by molar-refractivity contribution is 5.52. The zero-order valence-corrected chi connectivity index (χ0v) is 16.1. The second-order valence-electron chi connectivity index (χ2n) is 8.20. The first-order chi connectivity index (χ1) is 11.7. The molecule has 2 heteroatoms. The summed E-state index contributed by atoms with van der Waals surface area (Å²) in [5, 5.41) is 20.5. The lowest BCUT2D eigenvalue weighted by atomic mass is 9.62. The van der Waals surface area contributed by atoms with Crippen molar-refractivity contribution >= 4 is 0 Å². The zero-order chi connectivity index (χ0) is 18.4. The van der Waals surface area contributed by atoms with Crippen molar-refractivity contribution < 1.29 is 10.2 Å². The lowest BCUT2D eigenvalue weighted by Gasteiger charge is -2.42. The van der Waals surface area contributed by atoms with Gasteiger partial charge in [-0.2, -0.15) is 0 Å². The molecule has 1 aliphatic rings. The van der Waals surface area contributed by atoms with Crippen LogP contribution in [0.2, 0.25) is 0 Å². The highest BCUT2D eigenvalue weighted by atomic mass is 16.3. The quantitative estimate of drug-likeness (QED) is 0.723. The van der Waals surface area contributed by atoms with Crippen LogP contribution in [0, 0.1) is 33.6 Å². The third kappa shape index (κ3) is 3.03. The summed E-state index contributed by atoms with van der Waals surface area (Å²) in [5.41, 5.74) is 6.34. The Bertz CT molecular complexity index is 700. The minimum absolute atomic E-state index is 0.0376. The van der Waals surface area contributed by atoms with E-state index in [4.69, 9.17) is 0 Å². The van der Waals surface area contributed by atoms with E-state index < -0.39 is 0 Å². The van der Waals surface area contributed by atoms with Crippen LogP contribution in [-0.4, -0.2) is 10.2 Å². The number of phenolic OH excluding ortho intramolecular Hbond substituents is 2. The Morgan fingerprint density at radius 2 is 1.20 bits per heavy atom. The van der Waals surface area contributed by atoms with Gasteiger partial charge in [-0.25, -0.2) is 0 Å². The second-order valence-corrected chi connectivity index (χ2v) is 8.20. The molecule has 0 spiro atoms. The zero-order valence-electron chi connectivity index (χ0n) is 16.1. The molecule has 1 fully saturated rings. The first kappa shape index (κ1) is 17.8. The van der Waals surface area contributed by atoms with Crippen molar-refractivity contribution in [3.8, 4) is 11.5 Å². The lowest BCUT2D eigenvalue weighted by Crippen LogP contribution is -2.34. The van der Waals surface area contributed by atoms with E-state index in [1.165, 1.54) is 24.0 Å². The van der Waals surface area contributed by atoms with Crippen LogP contribution in [0.15, 0.2) is 24.3 Å². The molecular formula is C23H30O2. The smallest absolute Gasteiger partial charge is 0.121 e. The number of rotatable bonds is 2. The van der Waals surface area contributed by atoms with Crippen LogP contribution >= 0.6 is 0 Å². The van der Waals surface area contributed by atoms with E-state index in [1.54, 1.807) is 0 Å². The van der Waals surface area contributed by atoms with Crippen molar-refractivity contribution in [2.24, 2.45) is 5.92 Å². The first-order valence-corrected chi connectivity index (χ1v) is 9.36. The van der Waals surface area contributed by atoms with Crippen molar-refractivity contribution in [1.82, 2.24) is 0 Å². The van der Waals surface area contributed by atoms with E-state index in [9.17, 15) is 10.2 Å². The predicted molar refractivity (Wildman–Crippen MR) is 104 cm³/mol. The normalized spacial score (nSPS) is 19.8. The molecule has 0 radical (unpaired) electrons. The molecule has 0 aromatic heterocycles. The van der Waals surface area contributed by atoms with Crippen molar-refractivity contribution in [3.63, 3.8) is 0 Å². The summed E-state index contributed by atoms with van der Waals surface area (Å²) >= 11 is 0. The minimum atomic E-state index is -0.0376. The number of aryl methyl sites for hydroxylation is 4. The van der Waals surface area contributed by atoms with E-state index in [0.29, 0.717) is 17.4 Å². The fraction of sp³-hybridized carbons (Fsp3) is 0.478. The maximum Gasteiger partial charge on any atom is 0.121 e. The van der Waals surface area contributed by atoms with Crippen molar-refractivity contribution in [1.29, 1.82) is 0 Å². The Morgan fingerprint density at radius 3 is 1.56 bits per heavy atom. The number of hydrogen-bond acceptors (Lipinski definition) is 2. The number of benzene rings is 2. The summed E-state index contributed by atoms with van der Waals surface area (Å²) in [6, 6.07) is 8.66. The number of hydrogen-bond donors (Lipinski definition) is 2. The molecule has 0 bridgehead atoms. The van der Waals surface area contributed by atoms with Gasteiger partial charge in [-0.1, -0.05) is 44.0 Å². The van der Waals surface area contributed by atoms with Crippen molar-refractivity contribution in [2.45, 2.75) is 65.7 Å². The predicted octanol–water partition coefficient (Wildman–Crippen LogP) is 5.83. The van der Waals surface area contributed by atoms with Crippen LogP contribution in [0.4, 0.5) is 0 Å². The maximum absolute atomic E-state index is 10.2. The molecule has 0 saturated heterocycles. The molecule has 1 saturated carbocycles. The summed E-state index contributed by atoms with van der Waals surface area (Å²) in [4.78, 5) is 0. The molecule has 1 aliphatic carbocycles. The van der Waals surface area contributed by atoms with Crippen LogP contribution in [0.25, 0.3) is 0 Å². The van der Waals surface area contributed by atoms with E-state index >= 15 is 0 Å². The highest BCUT2D eigenvalue weighted by Crippen LogP contribution is 2.49. The molecule has 0 amide bonds. The van der Waals surface area contributed by atoms with Crippen molar-refractivity contribution in [3.05, 3.63) is 57.6 Å². The lowest BCUT2D eigenvalue weighted by molar-refractivity contribution is 0.272. The summed E-state index contributed by atoms with van der Waals surface area (Å²) in [5.74, 6) is 1.47. The van der Waals surface area contributed by atoms with E-state index in [0.717, 1.165) is 35.1 Å². The Morgan fingerprint density at radius 1 is 0.800 bits per heavy atom. The molecule has 2 N–H and O–H groups in total. The molecule has 1 atom stereocenters. The van der Waals surface area contributed by atoms with Gasteiger partial charge in [0.05, 0.1) is 0 Å². The van der Waals surface area contributed by atoms with Gasteiger partial charge in [0.25, 0.3) is 0 Å². The van der Waals surface area contributed by atoms with Gasteiger partial charge in [-0.3, -0.25) is 0 Å². The van der Waals surface area contributed by atoms with E-state index in [1.807, 2.05) is 27.7 Å². The SMILES string of the molecule is Cc1cc(C2(c3cc(C)c(O)c(C)c3)CCCC(C)C2)cc(C)c1O. The monoisotopic (exact) mass is 338 g/mol. The summed E-state index contributed by atoms with van der Waals surface area (Å²) < 4.78 is 0. The van der Waals surface area contributed by atoms with Crippen molar-refractivity contribution in [2.75, 3.05) is 0 Å². The first-order valence-electron chi connectivity index (χ1n) is 9.36. The molecule has 25 heavy (non-hydrogen) atoms. The molecule has 134 valence electrons. The van der Waals surface area contributed by atoms with Crippen LogP contribution in [0.1, 0.15) is 66.0 Å². The number of aromatic hydroxyl groups is 2. The molecule has 2 aromatic carbocycles. The molecule has 3 rings (SSSR count). The highest BCUT2D eigenvalue weighted by Gasteiger charge is 2.39. The number of phenols is 2. The summed E-state index contributed by atoms with van der Waals surface area (Å²) in [7, 11) is 0. The summed E-state index contributed by atoms with van der Waals surface area (Å²) in [6.45, 7) is 10.3. The molecule has 0 heterocycles. The van der Waals surface area contributed by atoms with Gasteiger partial charge < -0.3 is 10.2 Å². The van der Waals surface area contributed by atoms with Gasteiger partial charge in [0.15, 0.2) is 0 Å². The van der Waals surface area contributed by atoms with E-state index in [2.05, 4.69) is 31.2 Å². The molecular weight excluding hydrogens is 308 g/mol. The van der Waals surface area contributed by atoms with Crippen LogP contribution in [-0.2, 0) is 5.41 Å². The molecule has 0 aliphatic heterocycles. The van der Waals surface area contributed by atoms with Crippen LogP contribution < -0.4 is 0 Å². The molecule has 2 aromatic rings. The Hall–Kier alpha value is -1.96. The third-order valence-corrected chi connectivity index (χ3v) is 6.08.